The Balaban J connectivity index is 2.03. The molecule has 6 nitrogen and oxygen atoms in total. The summed E-state index contributed by atoms with van der Waals surface area (Å²) in [4.78, 5) is 17.3. The van der Waals surface area contributed by atoms with Gasteiger partial charge in [0.25, 0.3) is 0 Å². The van der Waals surface area contributed by atoms with E-state index in [1.165, 1.54) is 0 Å². The van der Waals surface area contributed by atoms with Gasteiger partial charge < -0.3 is 14.6 Å². The fourth-order valence-corrected chi connectivity index (χ4v) is 2.15. The Hall–Kier alpha value is -1.66. The number of pyridine rings is 1. The average Bonchev–Trinajstić information content (AvgIpc) is 2.41. The standard InChI is InChI=1S/C13H18N2O4/c1-18-12-4-2-3-10(14-12)8-15-5-6-19-9-11(15)7-13(16)17/h2-4,11H,5-9H2,1H3,(H,16,17). The molecular weight excluding hydrogens is 248 g/mol. The number of aliphatic carboxylic acids is 1. The minimum atomic E-state index is -0.806. The molecule has 0 bridgehead atoms. The van der Waals surface area contributed by atoms with Gasteiger partial charge in [-0.3, -0.25) is 9.69 Å². The molecule has 6 heteroatoms. The molecule has 0 aromatic carbocycles. The van der Waals surface area contributed by atoms with Crippen LogP contribution in [0.15, 0.2) is 18.2 Å². The van der Waals surface area contributed by atoms with Gasteiger partial charge in [0.15, 0.2) is 0 Å². The van der Waals surface area contributed by atoms with Gasteiger partial charge in [-0.25, -0.2) is 4.98 Å². The van der Waals surface area contributed by atoms with Gasteiger partial charge >= 0.3 is 5.97 Å². The number of morpholine rings is 1. The lowest BCUT2D eigenvalue weighted by molar-refractivity contribution is -0.140. The SMILES string of the molecule is COc1cccc(CN2CCOCC2CC(=O)O)n1. The van der Waals surface area contributed by atoms with E-state index in [2.05, 4.69) is 9.88 Å². The predicted molar refractivity (Wildman–Crippen MR) is 68.1 cm³/mol. The number of hydrogen-bond donors (Lipinski definition) is 1. The summed E-state index contributed by atoms with van der Waals surface area (Å²) in [6.45, 7) is 2.41. The maximum Gasteiger partial charge on any atom is 0.305 e. The zero-order chi connectivity index (χ0) is 13.7. The minimum absolute atomic E-state index is 0.0873. The first-order valence-corrected chi connectivity index (χ1v) is 6.22. The zero-order valence-corrected chi connectivity index (χ0v) is 10.9. The van der Waals surface area contributed by atoms with Crippen LogP contribution in [-0.2, 0) is 16.1 Å². The summed E-state index contributed by atoms with van der Waals surface area (Å²) in [5, 5.41) is 8.91. The second-order valence-corrected chi connectivity index (χ2v) is 4.47. The predicted octanol–water partition coefficient (Wildman–Crippen LogP) is 0.766. The summed E-state index contributed by atoms with van der Waals surface area (Å²) in [6.07, 6.45) is 0.0873. The highest BCUT2D eigenvalue weighted by Gasteiger charge is 2.25. The lowest BCUT2D eigenvalue weighted by Crippen LogP contribution is -2.46. The summed E-state index contributed by atoms with van der Waals surface area (Å²) in [5.41, 5.74) is 0.872. The number of ether oxygens (including phenoxy) is 2. The number of carbonyl (C=O) groups is 1. The van der Waals surface area contributed by atoms with Crippen molar-refractivity contribution in [2.45, 2.75) is 19.0 Å². The summed E-state index contributed by atoms with van der Waals surface area (Å²) in [5.74, 6) is -0.236. The van der Waals surface area contributed by atoms with Gasteiger partial charge in [-0.15, -0.1) is 0 Å². The quantitative estimate of drug-likeness (QED) is 0.848. The second kappa shape index (κ2) is 6.49. The topological polar surface area (TPSA) is 71.9 Å². The lowest BCUT2D eigenvalue weighted by Gasteiger charge is -2.34. The molecule has 1 aromatic heterocycles. The normalized spacial score (nSPS) is 20.2. The van der Waals surface area contributed by atoms with Gasteiger partial charge in [0.1, 0.15) is 0 Å². The number of nitrogens with zero attached hydrogens (tertiary/aromatic N) is 2. The Bertz CT molecular complexity index is 438. The third-order valence-electron chi connectivity index (χ3n) is 3.12. The Morgan fingerprint density at radius 1 is 1.63 bits per heavy atom. The van der Waals surface area contributed by atoms with Gasteiger partial charge in [-0.05, 0) is 6.07 Å². The van der Waals surface area contributed by atoms with Gasteiger partial charge in [0.05, 0.1) is 32.4 Å². The van der Waals surface area contributed by atoms with E-state index in [0.29, 0.717) is 25.6 Å². The van der Waals surface area contributed by atoms with Crippen LogP contribution in [0.4, 0.5) is 0 Å². The number of carboxylic acid groups (broad SMARTS) is 1. The monoisotopic (exact) mass is 266 g/mol. The van der Waals surface area contributed by atoms with E-state index in [1.807, 2.05) is 12.1 Å². The van der Waals surface area contributed by atoms with E-state index in [9.17, 15) is 4.79 Å². The van der Waals surface area contributed by atoms with Crippen LogP contribution >= 0.6 is 0 Å². The summed E-state index contributed by atoms with van der Waals surface area (Å²) in [6, 6.07) is 5.49. The number of rotatable bonds is 5. The van der Waals surface area contributed by atoms with Crippen LogP contribution in [0.3, 0.4) is 0 Å². The van der Waals surface area contributed by atoms with Crippen molar-refractivity contribution in [3.8, 4) is 5.88 Å². The molecule has 0 radical (unpaired) electrons. The fraction of sp³-hybridized carbons (Fsp3) is 0.538. The number of carboxylic acids is 1. The van der Waals surface area contributed by atoms with Crippen molar-refractivity contribution in [2.24, 2.45) is 0 Å². The van der Waals surface area contributed by atoms with Gasteiger partial charge in [-0.1, -0.05) is 6.07 Å². The van der Waals surface area contributed by atoms with E-state index in [0.717, 1.165) is 12.2 Å². The molecular formula is C13H18N2O4. The zero-order valence-electron chi connectivity index (χ0n) is 10.9. The van der Waals surface area contributed by atoms with Crippen LogP contribution in [0, 0.1) is 0 Å². The highest BCUT2D eigenvalue weighted by atomic mass is 16.5. The molecule has 2 heterocycles. The Labute approximate surface area is 112 Å². The van der Waals surface area contributed by atoms with Crippen LogP contribution < -0.4 is 4.74 Å². The Morgan fingerprint density at radius 2 is 2.47 bits per heavy atom. The van der Waals surface area contributed by atoms with E-state index < -0.39 is 5.97 Å². The first-order chi connectivity index (χ1) is 9.19. The van der Waals surface area contributed by atoms with Gasteiger partial charge in [0, 0.05) is 25.2 Å². The molecule has 1 aromatic rings. The van der Waals surface area contributed by atoms with E-state index in [-0.39, 0.29) is 12.5 Å². The number of methoxy groups -OCH3 is 1. The third kappa shape index (κ3) is 3.90. The molecule has 0 amide bonds. The molecule has 0 aliphatic carbocycles. The fourth-order valence-electron chi connectivity index (χ4n) is 2.15. The molecule has 1 aliphatic rings. The van der Waals surface area contributed by atoms with Crippen LogP contribution in [0.1, 0.15) is 12.1 Å². The molecule has 2 rings (SSSR count). The maximum atomic E-state index is 10.8. The molecule has 1 fully saturated rings. The smallest absolute Gasteiger partial charge is 0.305 e. The van der Waals surface area contributed by atoms with E-state index in [1.54, 1.807) is 13.2 Å². The maximum absolute atomic E-state index is 10.8. The second-order valence-electron chi connectivity index (χ2n) is 4.47. The first-order valence-electron chi connectivity index (χ1n) is 6.22. The molecule has 1 aliphatic heterocycles. The minimum Gasteiger partial charge on any atom is -0.481 e. The lowest BCUT2D eigenvalue weighted by atomic mass is 10.1. The third-order valence-corrected chi connectivity index (χ3v) is 3.12. The van der Waals surface area contributed by atoms with E-state index in [4.69, 9.17) is 14.6 Å². The molecule has 1 saturated heterocycles. The molecule has 19 heavy (non-hydrogen) atoms. The number of aromatic nitrogens is 1. The highest BCUT2D eigenvalue weighted by molar-refractivity contribution is 5.67. The molecule has 0 saturated carbocycles. The van der Waals surface area contributed by atoms with Crippen molar-refractivity contribution >= 4 is 5.97 Å². The molecule has 1 N–H and O–H groups in total. The molecule has 104 valence electrons. The first kappa shape index (κ1) is 13.8. The van der Waals surface area contributed by atoms with Crippen LogP contribution in [-0.4, -0.2) is 53.9 Å². The summed E-state index contributed by atoms with van der Waals surface area (Å²) in [7, 11) is 1.58. The van der Waals surface area contributed by atoms with Crippen molar-refractivity contribution in [2.75, 3.05) is 26.9 Å². The van der Waals surface area contributed by atoms with Crippen LogP contribution in [0.25, 0.3) is 0 Å². The molecule has 1 atom stereocenters. The summed E-state index contributed by atoms with van der Waals surface area (Å²) >= 11 is 0. The number of hydrogen-bond acceptors (Lipinski definition) is 5. The Morgan fingerprint density at radius 3 is 3.21 bits per heavy atom. The van der Waals surface area contributed by atoms with Crippen molar-refractivity contribution < 1.29 is 19.4 Å². The van der Waals surface area contributed by atoms with Crippen molar-refractivity contribution in [1.29, 1.82) is 0 Å². The van der Waals surface area contributed by atoms with Gasteiger partial charge in [0.2, 0.25) is 5.88 Å². The largest absolute Gasteiger partial charge is 0.481 e. The van der Waals surface area contributed by atoms with Crippen molar-refractivity contribution in [3.63, 3.8) is 0 Å². The highest BCUT2D eigenvalue weighted by Crippen LogP contribution is 2.15. The van der Waals surface area contributed by atoms with E-state index >= 15 is 0 Å². The summed E-state index contributed by atoms with van der Waals surface area (Å²) < 4.78 is 10.4. The molecule has 1 unspecified atom stereocenters. The van der Waals surface area contributed by atoms with Crippen LogP contribution in [0.2, 0.25) is 0 Å². The Kier molecular flexibility index (Phi) is 4.70. The van der Waals surface area contributed by atoms with Crippen molar-refractivity contribution in [1.82, 2.24) is 9.88 Å². The van der Waals surface area contributed by atoms with Gasteiger partial charge in [-0.2, -0.15) is 0 Å². The van der Waals surface area contributed by atoms with Crippen molar-refractivity contribution in [3.05, 3.63) is 23.9 Å². The average molecular weight is 266 g/mol. The van der Waals surface area contributed by atoms with Crippen LogP contribution in [0.5, 0.6) is 5.88 Å². The molecule has 0 spiro atoms.